The number of carbonyl (C=O) groups is 3. The number of phenols is 1. The number of rotatable bonds is 10. The topological polar surface area (TPSA) is 199 Å². The second kappa shape index (κ2) is 19.5. The lowest BCUT2D eigenvalue weighted by Gasteiger charge is -2.41. The Morgan fingerprint density at radius 3 is 2.34 bits per heavy atom. The Labute approximate surface area is 397 Å². The number of aliphatic hydroxyl groups is 1. The summed E-state index contributed by atoms with van der Waals surface area (Å²) in [6, 6.07) is 14.4. The van der Waals surface area contributed by atoms with Crippen LogP contribution in [0.25, 0.3) is 22.3 Å². The number of terminal acetylenes is 1. The maximum absolute atomic E-state index is 14.2. The number of β-amino-alcohol motifs (C(OH)–C–C–N with tert-alkyl or cyclic N) is 1. The first kappa shape index (κ1) is 46.5. The SMILES string of the molecule is C#Cc1ccc(CNC(=O)[C@@H]2C[C@@H](O)CN2C(=O)[C@@H](NC(=O)N2CCN(CN3CCC(c4cnc(N5CCc6[nH]c7nnc(-c8ccccc8O)cc7c6[C@@H]5C)nc4)CC3)CC2)C(C)(C)C)cc1. The molecule has 4 amide bonds. The van der Waals surface area contributed by atoms with Gasteiger partial charge in [-0.15, -0.1) is 16.6 Å². The summed E-state index contributed by atoms with van der Waals surface area (Å²) in [7, 11) is 0. The van der Waals surface area contributed by atoms with Crippen LogP contribution in [0.5, 0.6) is 5.75 Å². The van der Waals surface area contributed by atoms with Gasteiger partial charge in [0.15, 0.2) is 5.65 Å². The summed E-state index contributed by atoms with van der Waals surface area (Å²) >= 11 is 0. The number of hydrogen-bond donors (Lipinski definition) is 5. The number of anilines is 1. The number of likely N-dealkylation sites (tertiary alicyclic amines) is 2. The van der Waals surface area contributed by atoms with E-state index >= 15 is 0 Å². The molecule has 7 heterocycles. The van der Waals surface area contributed by atoms with E-state index in [1.165, 1.54) is 4.90 Å². The third-order valence-corrected chi connectivity index (χ3v) is 14.2. The number of urea groups is 1. The van der Waals surface area contributed by atoms with Crippen LogP contribution in [0.4, 0.5) is 10.7 Å². The molecule has 356 valence electrons. The zero-order valence-electron chi connectivity index (χ0n) is 39.4. The van der Waals surface area contributed by atoms with Crippen molar-refractivity contribution in [2.75, 3.05) is 63.9 Å². The average molecular weight is 923 g/mol. The lowest BCUT2D eigenvalue weighted by atomic mass is 9.85. The number of piperazine rings is 1. The van der Waals surface area contributed by atoms with E-state index in [2.05, 4.69) is 53.4 Å². The van der Waals surface area contributed by atoms with Crippen molar-refractivity contribution in [1.29, 1.82) is 0 Å². The predicted molar refractivity (Wildman–Crippen MR) is 258 cm³/mol. The molecule has 0 spiro atoms. The van der Waals surface area contributed by atoms with Crippen molar-refractivity contribution in [3.05, 3.63) is 94.9 Å². The molecule has 5 N–H and O–H groups in total. The van der Waals surface area contributed by atoms with Crippen LogP contribution < -0.4 is 15.5 Å². The molecule has 0 saturated carbocycles. The molecule has 3 aromatic heterocycles. The molecule has 4 atom stereocenters. The van der Waals surface area contributed by atoms with Gasteiger partial charge in [0.2, 0.25) is 17.8 Å². The van der Waals surface area contributed by atoms with Crippen molar-refractivity contribution in [2.24, 2.45) is 5.41 Å². The molecule has 0 unspecified atom stereocenters. The van der Waals surface area contributed by atoms with E-state index in [9.17, 15) is 24.6 Å². The first-order chi connectivity index (χ1) is 32.7. The molecule has 2 aromatic carbocycles. The van der Waals surface area contributed by atoms with E-state index < -0.39 is 23.6 Å². The van der Waals surface area contributed by atoms with Crippen LogP contribution in [-0.4, -0.2) is 150 Å². The number of H-pyrrole nitrogens is 1. The molecule has 17 heteroatoms. The van der Waals surface area contributed by atoms with Gasteiger partial charge in [0.05, 0.1) is 24.5 Å². The molecule has 17 nitrogen and oxygen atoms in total. The van der Waals surface area contributed by atoms with E-state index in [4.69, 9.17) is 16.4 Å². The van der Waals surface area contributed by atoms with Crippen molar-refractivity contribution in [2.45, 2.75) is 90.1 Å². The van der Waals surface area contributed by atoms with Crippen LogP contribution in [0.3, 0.4) is 0 Å². The van der Waals surface area contributed by atoms with Crippen LogP contribution in [0.1, 0.15) is 86.9 Å². The second-order valence-electron chi connectivity index (χ2n) is 19.8. The van der Waals surface area contributed by atoms with Gasteiger partial charge in [-0.25, -0.2) is 14.8 Å². The molecule has 3 fully saturated rings. The van der Waals surface area contributed by atoms with Crippen LogP contribution in [0.15, 0.2) is 67.0 Å². The molecular weight excluding hydrogens is 861 g/mol. The highest BCUT2D eigenvalue weighted by Gasteiger charge is 2.45. The fourth-order valence-corrected chi connectivity index (χ4v) is 10.2. The highest BCUT2D eigenvalue weighted by atomic mass is 16.3. The van der Waals surface area contributed by atoms with E-state index in [0.29, 0.717) is 49.3 Å². The Morgan fingerprint density at radius 1 is 0.941 bits per heavy atom. The Balaban J connectivity index is 0.740. The number of benzene rings is 2. The van der Waals surface area contributed by atoms with Crippen LogP contribution >= 0.6 is 0 Å². The van der Waals surface area contributed by atoms with Gasteiger partial charge in [-0.2, -0.15) is 0 Å². The number of nitrogens with one attached hydrogen (secondary N) is 3. The molecule has 9 rings (SSSR count). The lowest BCUT2D eigenvalue weighted by Crippen LogP contribution is -2.61. The molecule has 0 aliphatic carbocycles. The normalized spacial score (nSPS) is 21.1. The molecule has 0 bridgehead atoms. The largest absolute Gasteiger partial charge is 0.507 e. The highest BCUT2D eigenvalue weighted by molar-refractivity contribution is 5.93. The lowest BCUT2D eigenvalue weighted by molar-refractivity contribution is -0.142. The van der Waals surface area contributed by atoms with Crippen molar-refractivity contribution in [3.63, 3.8) is 0 Å². The second-order valence-corrected chi connectivity index (χ2v) is 19.8. The molecule has 0 radical (unpaired) electrons. The quantitative estimate of drug-likeness (QED) is 0.124. The Kier molecular flexibility index (Phi) is 13.4. The third-order valence-electron chi connectivity index (χ3n) is 14.2. The van der Waals surface area contributed by atoms with E-state index in [1.54, 1.807) is 29.2 Å². The molecule has 4 aliphatic rings. The van der Waals surface area contributed by atoms with Crippen molar-refractivity contribution in [3.8, 4) is 29.4 Å². The zero-order chi connectivity index (χ0) is 47.7. The number of phenolic OH excluding ortho intramolecular Hbond substituents is 1. The first-order valence-corrected chi connectivity index (χ1v) is 23.8. The molecular formula is C51H62N12O5. The number of piperidine rings is 1. The van der Waals surface area contributed by atoms with Crippen molar-refractivity contribution < 1.29 is 24.6 Å². The van der Waals surface area contributed by atoms with E-state index in [1.807, 2.05) is 63.5 Å². The van der Waals surface area contributed by atoms with Gasteiger partial charge in [-0.3, -0.25) is 19.4 Å². The maximum Gasteiger partial charge on any atom is 0.318 e. The van der Waals surface area contributed by atoms with Crippen LogP contribution in [0, 0.1) is 17.8 Å². The maximum atomic E-state index is 14.2. The number of fused-ring (bicyclic) bond motifs is 3. The van der Waals surface area contributed by atoms with Gasteiger partial charge >= 0.3 is 6.03 Å². The Hall–Kier alpha value is -6.61. The van der Waals surface area contributed by atoms with Gasteiger partial charge in [0, 0.05) is 98.8 Å². The molecule has 5 aromatic rings. The monoisotopic (exact) mass is 922 g/mol. The summed E-state index contributed by atoms with van der Waals surface area (Å²) < 4.78 is 0. The smallest absolute Gasteiger partial charge is 0.318 e. The standard InChI is InChI=1S/C51H62N12O5/c1-6-33-11-13-34(14-12-33)27-52-47(66)42-25-37(64)30-63(42)48(67)45(51(3,4)5)56-50(68)61-23-21-60(22-24-61)31-59-18-15-35(16-19-59)36-28-53-49(54-29-36)62-20-17-40-44(32(62)2)39-26-41(57-58-46(39)55-40)38-9-7-8-10-43(38)65/h1,7-14,26,28-29,32,35,37,42,45,64-65H,15-25,27,30-31H2,2-5H3,(H,52,66)(H,55,58)(H,56,68)/t32-,37+,42-,45+/m0/s1. The fourth-order valence-electron chi connectivity index (χ4n) is 10.2. The van der Waals surface area contributed by atoms with Crippen molar-refractivity contribution >= 4 is 34.8 Å². The van der Waals surface area contributed by atoms with Gasteiger partial charge < -0.3 is 40.5 Å². The van der Waals surface area contributed by atoms with Gasteiger partial charge in [0.25, 0.3) is 0 Å². The van der Waals surface area contributed by atoms with Gasteiger partial charge in [-0.05, 0) is 85.6 Å². The number of aliphatic hydroxyl groups excluding tert-OH is 1. The minimum atomic E-state index is -0.905. The number of hydrogen-bond acceptors (Lipinski definition) is 12. The highest BCUT2D eigenvalue weighted by Crippen LogP contribution is 2.39. The summed E-state index contributed by atoms with van der Waals surface area (Å²) in [5.74, 6) is 3.08. The minimum absolute atomic E-state index is 0.00468. The minimum Gasteiger partial charge on any atom is -0.507 e. The Bertz CT molecular complexity index is 2660. The summed E-state index contributed by atoms with van der Waals surface area (Å²) in [6.07, 6.45) is 11.5. The number of aromatic amines is 1. The number of nitrogens with zero attached hydrogens (tertiary/aromatic N) is 9. The number of para-hydroxylation sites is 1. The summed E-state index contributed by atoms with van der Waals surface area (Å²) in [5.41, 5.74) is 6.40. The van der Waals surface area contributed by atoms with Crippen molar-refractivity contribution in [1.82, 2.24) is 55.4 Å². The van der Waals surface area contributed by atoms with E-state index in [0.717, 1.165) is 84.5 Å². The summed E-state index contributed by atoms with van der Waals surface area (Å²) in [4.78, 5) is 64.9. The zero-order valence-corrected chi connectivity index (χ0v) is 39.4. The fraction of sp³-hybridized carbons (Fsp3) is 0.471. The molecule has 4 aliphatic heterocycles. The number of carbonyl (C=O) groups excluding carboxylic acids is 3. The molecule has 3 saturated heterocycles. The average Bonchev–Trinajstić information content (AvgIpc) is 3.93. The predicted octanol–water partition coefficient (Wildman–Crippen LogP) is 4.38. The van der Waals surface area contributed by atoms with E-state index in [-0.39, 0.29) is 49.1 Å². The van der Waals surface area contributed by atoms with Crippen LogP contribution in [0.2, 0.25) is 0 Å². The summed E-state index contributed by atoms with van der Waals surface area (Å²) in [5, 5.41) is 36.9. The van der Waals surface area contributed by atoms with Crippen LogP contribution in [-0.2, 0) is 22.6 Å². The number of aromatic hydroxyl groups is 1. The summed E-state index contributed by atoms with van der Waals surface area (Å²) in [6.45, 7) is 14.1. The Morgan fingerprint density at radius 2 is 1.65 bits per heavy atom. The third kappa shape index (κ3) is 9.85. The molecule has 68 heavy (non-hydrogen) atoms. The van der Waals surface area contributed by atoms with Gasteiger partial charge in [-0.1, -0.05) is 51.0 Å². The van der Waals surface area contributed by atoms with Gasteiger partial charge in [0.1, 0.15) is 17.8 Å². The number of amides is 4. The number of aromatic nitrogens is 5. The first-order valence-electron chi connectivity index (χ1n) is 23.8.